The van der Waals surface area contributed by atoms with Crippen molar-refractivity contribution in [2.24, 2.45) is 5.73 Å². The van der Waals surface area contributed by atoms with Gasteiger partial charge in [-0.1, -0.05) is 11.6 Å². The third-order valence-electron chi connectivity index (χ3n) is 4.68. The van der Waals surface area contributed by atoms with Crippen molar-refractivity contribution >= 4 is 39.8 Å². The zero-order chi connectivity index (χ0) is 23.7. The van der Waals surface area contributed by atoms with Crippen LogP contribution in [-0.2, 0) is 14.3 Å². The van der Waals surface area contributed by atoms with Gasteiger partial charge in [-0.15, -0.1) is 0 Å². The van der Waals surface area contributed by atoms with Crippen molar-refractivity contribution < 1.29 is 24.1 Å². The number of nitro groups is 2. The summed E-state index contributed by atoms with van der Waals surface area (Å²) in [6.45, 7) is 3.06. The number of hydrogen-bond donors (Lipinski definition) is 1. The van der Waals surface area contributed by atoms with Gasteiger partial charge in [-0.3, -0.25) is 20.2 Å². The summed E-state index contributed by atoms with van der Waals surface area (Å²) in [5.41, 5.74) is 4.31. The number of nitrogens with two attached hydrogens (primary N) is 1. The highest BCUT2D eigenvalue weighted by molar-refractivity contribution is 6.31. The van der Waals surface area contributed by atoms with Crippen molar-refractivity contribution in [1.82, 2.24) is 4.98 Å². The molecule has 2 aromatic rings. The highest BCUT2D eigenvalue weighted by atomic mass is 35.5. The molecule has 1 aromatic carbocycles. The first-order chi connectivity index (χ1) is 15.1. The molecule has 1 aliphatic rings. The number of nitriles is 1. The molecule has 0 fully saturated rings. The number of allylic oxidation sites excluding steroid dienone is 2. The Morgan fingerprint density at radius 3 is 2.59 bits per heavy atom. The van der Waals surface area contributed by atoms with Gasteiger partial charge in [-0.2, -0.15) is 5.26 Å². The molecule has 0 amide bonds. The van der Waals surface area contributed by atoms with Crippen LogP contribution < -0.4 is 5.73 Å². The summed E-state index contributed by atoms with van der Waals surface area (Å²) >= 11 is 6.32. The number of benzene rings is 1. The Hall–Kier alpha value is -4.24. The number of non-ortho nitro benzene ring substituents is 2. The molecule has 0 radical (unpaired) electrons. The molecule has 0 bridgehead atoms. The molecule has 164 valence electrons. The number of nitrogens with zero attached hydrogens (tertiary/aromatic N) is 4. The number of rotatable bonds is 5. The molecule has 0 aliphatic carbocycles. The third-order valence-corrected chi connectivity index (χ3v) is 4.99. The van der Waals surface area contributed by atoms with E-state index < -0.39 is 33.1 Å². The van der Waals surface area contributed by atoms with Gasteiger partial charge in [0, 0.05) is 17.0 Å². The number of carbonyl (C=O) groups is 1. The molecule has 0 saturated carbocycles. The summed E-state index contributed by atoms with van der Waals surface area (Å²) < 4.78 is 10.4. The van der Waals surface area contributed by atoms with Crippen LogP contribution in [0.3, 0.4) is 0 Å². The van der Waals surface area contributed by atoms with E-state index in [0.29, 0.717) is 0 Å². The van der Waals surface area contributed by atoms with Gasteiger partial charge in [0.2, 0.25) is 5.88 Å². The second kappa shape index (κ2) is 8.48. The van der Waals surface area contributed by atoms with E-state index in [9.17, 15) is 30.3 Å². The molecule has 13 heteroatoms. The van der Waals surface area contributed by atoms with E-state index in [1.165, 1.54) is 13.0 Å². The van der Waals surface area contributed by atoms with Crippen LogP contribution in [0, 0.1) is 31.6 Å². The fourth-order valence-electron chi connectivity index (χ4n) is 3.36. The van der Waals surface area contributed by atoms with Crippen molar-refractivity contribution in [2.45, 2.75) is 19.8 Å². The maximum absolute atomic E-state index is 12.6. The summed E-state index contributed by atoms with van der Waals surface area (Å²) in [4.78, 5) is 37.8. The van der Waals surface area contributed by atoms with Crippen LogP contribution in [0.25, 0.3) is 10.9 Å². The summed E-state index contributed by atoms with van der Waals surface area (Å²) in [6, 6.07) is 5.01. The molecular weight excluding hydrogens is 446 g/mol. The number of esters is 1. The van der Waals surface area contributed by atoms with E-state index in [0.717, 1.165) is 12.1 Å². The lowest BCUT2D eigenvalue weighted by atomic mass is 9.83. The Labute approximate surface area is 184 Å². The molecule has 3 rings (SSSR count). The molecule has 1 aliphatic heterocycles. The summed E-state index contributed by atoms with van der Waals surface area (Å²) in [6.07, 6.45) is 0. The first-order valence-corrected chi connectivity index (χ1v) is 9.36. The van der Waals surface area contributed by atoms with Gasteiger partial charge < -0.3 is 15.2 Å². The second-order valence-electron chi connectivity index (χ2n) is 6.53. The quantitative estimate of drug-likeness (QED) is 0.300. The Morgan fingerprint density at radius 1 is 1.34 bits per heavy atom. The molecule has 2 N–H and O–H groups in total. The monoisotopic (exact) mass is 459 g/mol. The van der Waals surface area contributed by atoms with Crippen LogP contribution in [0.5, 0.6) is 0 Å². The number of fused-ring (bicyclic) bond motifs is 1. The number of hydrogen-bond acceptors (Lipinski definition) is 10. The van der Waals surface area contributed by atoms with Crippen LogP contribution in [0.4, 0.5) is 11.4 Å². The number of carbonyl (C=O) groups excluding carboxylic acids is 1. The lowest BCUT2D eigenvalue weighted by Crippen LogP contribution is -2.26. The molecule has 1 atom stereocenters. The van der Waals surface area contributed by atoms with E-state index in [1.54, 1.807) is 6.92 Å². The van der Waals surface area contributed by atoms with Gasteiger partial charge in [-0.25, -0.2) is 9.78 Å². The van der Waals surface area contributed by atoms with Gasteiger partial charge in [0.25, 0.3) is 5.69 Å². The van der Waals surface area contributed by atoms with Gasteiger partial charge in [0.1, 0.15) is 22.6 Å². The fourth-order valence-corrected chi connectivity index (χ4v) is 3.61. The van der Waals surface area contributed by atoms with E-state index in [4.69, 9.17) is 26.8 Å². The summed E-state index contributed by atoms with van der Waals surface area (Å²) in [5, 5.41) is 32.1. The molecule has 0 saturated heterocycles. The molecule has 12 nitrogen and oxygen atoms in total. The number of halogens is 1. The Morgan fingerprint density at radius 2 is 2.03 bits per heavy atom. The van der Waals surface area contributed by atoms with Crippen LogP contribution in [0.15, 0.2) is 41.0 Å². The smallest absolute Gasteiger partial charge is 0.338 e. The Bertz CT molecular complexity index is 1300. The predicted octanol–water partition coefficient (Wildman–Crippen LogP) is 3.35. The molecular formula is C19H14ClN5O7. The molecule has 2 heterocycles. The molecule has 32 heavy (non-hydrogen) atoms. The molecule has 0 spiro atoms. The van der Waals surface area contributed by atoms with Crippen molar-refractivity contribution in [3.63, 3.8) is 0 Å². The standard InChI is InChI=1S/C19H14ClN5O7/c1-3-31-19(26)14-8(2)32-18(22)12(7-21)15(14)11-5-9-4-10(24(27)28)6-13(25(29)30)16(9)23-17(11)20/h4-6,15H,3,22H2,1-2H3. The molecule has 1 aromatic heterocycles. The van der Waals surface area contributed by atoms with Crippen LogP contribution in [0.1, 0.15) is 25.3 Å². The van der Waals surface area contributed by atoms with Gasteiger partial charge in [-0.05, 0) is 19.9 Å². The maximum atomic E-state index is 12.6. The van der Waals surface area contributed by atoms with Crippen LogP contribution >= 0.6 is 11.6 Å². The lowest BCUT2D eigenvalue weighted by Gasteiger charge is -2.27. The first-order valence-electron chi connectivity index (χ1n) is 8.99. The predicted molar refractivity (Wildman–Crippen MR) is 110 cm³/mol. The van der Waals surface area contributed by atoms with Crippen molar-refractivity contribution in [2.75, 3.05) is 6.61 Å². The fraction of sp³-hybridized carbons (Fsp3) is 0.211. The third kappa shape index (κ3) is 3.77. The largest absolute Gasteiger partial charge is 0.463 e. The van der Waals surface area contributed by atoms with Gasteiger partial charge >= 0.3 is 11.7 Å². The highest BCUT2D eigenvalue weighted by Gasteiger charge is 2.38. The first kappa shape index (κ1) is 22.4. The van der Waals surface area contributed by atoms with E-state index in [-0.39, 0.29) is 51.0 Å². The van der Waals surface area contributed by atoms with Gasteiger partial charge in [0.15, 0.2) is 5.52 Å². The summed E-state index contributed by atoms with van der Waals surface area (Å²) in [7, 11) is 0. The minimum absolute atomic E-state index is 0.00788. The van der Waals surface area contributed by atoms with Crippen LogP contribution in [-0.4, -0.2) is 27.4 Å². The maximum Gasteiger partial charge on any atom is 0.338 e. The normalized spacial score (nSPS) is 15.9. The van der Waals surface area contributed by atoms with E-state index >= 15 is 0 Å². The average molecular weight is 460 g/mol. The number of aromatic nitrogens is 1. The Balaban J connectivity index is 2.36. The topological polar surface area (TPSA) is 185 Å². The van der Waals surface area contributed by atoms with Crippen molar-refractivity contribution in [1.29, 1.82) is 5.26 Å². The zero-order valence-electron chi connectivity index (χ0n) is 16.6. The SMILES string of the molecule is CCOC(=O)C1=C(C)OC(N)=C(C#N)C1c1cc2cc([N+](=O)[O-])cc([N+](=O)[O-])c2nc1Cl. The number of ether oxygens (including phenoxy) is 2. The summed E-state index contributed by atoms with van der Waals surface area (Å²) in [5.74, 6) is -2.18. The Kier molecular flexibility index (Phi) is 5.95. The van der Waals surface area contributed by atoms with Crippen molar-refractivity contribution in [3.05, 3.63) is 71.9 Å². The van der Waals surface area contributed by atoms with Crippen molar-refractivity contribution in [3.8, 4) is 6.07 Å². The minimum Gasteiger partial charge on any atom is -0.463 e. The van der Waals surface area contributed by atoms with E-state index in [1.807, 2.05) is 6.07 Å². The molecule has 1 unspecified atom stereocenters. The van der Waals surface area contributed by atoms with Crippen LogP contribution in [0.2, 0.25) is 5.15 Å². The number of pyridine rings is 1. The van der Waals surface area contributed by atoms with E-state index in [2.05, 4.69) is 4.98 Å². The minimum atomic E-state index is -1.17. The zero-order valence-corrected chi connectivity index (χ0v) is 17.4. The van der Waals surface area contributed by atoms with Gasteiger partial charge in [0.05, 0.1) is 34.0 Å². The lowest BCUT2D eigenvalue weighted by molar-refractivity contribution is -0.393. The number of nitro benzene ring substituents is 2. The average Bonchev–Trinajstić information content (AvgIpc) is 2.71. The highest BCUT2D eigenvalue weighted by Crippen LogP contribution is 2.43. The second-order valence-corrected chi connectivity index (χ2v) is 6.89.